The first-order chi connectivity index (χ1) is 15.9. The van der Waals surface area contributed by atoms with E-state index >= 15 is 0 Å². The van der Waals surface area contributed by atoms with Crippen molar-refractivity contribution in [3.63, 3.8) is 0 Å². The average molecular weight is 545 g/mol. The van der Waals surface area contributed by atoms with Gasteiger partial charge in [0.2, 0.25) is 0 Å². The van der Waals surface area contributed by atoms with Gasteiger partial charge in [0, 0.05) is 35.2 Å². The van der Waals surface area contributed by atoms with Gasteiger partial charge in [0.25, 0.3) is 0 Å². The minimum atomic E-state index is -0.527. The topological polar surface area (TPSA) is 23.5 Å². The molecule has 0 atom stereocenters. The van der Waals surface area contributed by atoms with E-state index < -0.39 is 5.82 Å². The quantitative estimate of drug-likeness (QED) is 0.252. The Morgan fingerprint density at radius 3 is 1.82 bits per heavy atom. The molecule has 0 heterocycles. The van der Waals surface area contributed by atoms with Crippen LogP contribution < -0.4 is 4.90 Å². The molecule has 1 N–H and O–H groups in total. The summed E-state index contributed by atoms with van der Waals surface area (Å²) in [6, 6.07) is 27.1. The minimum Gasteiger partial charge on any atom is -0.507 e. The van der Waals surface area contributed by atoms with Crippen LogP contribution in [0.4, 0.5) is 10.1 Å². The predicted octanol–water partition coefficient (Wildman–Crippen LogP) is 8.40. The van der Waals surface area contributed by atoms with E-state index in [-0.39, 0.29) is 16.6 Å². The second kappa shape index (κ2) is 10.6. The van der Waals surface area contributed by atoms with E-state index in [1.54, 1.807) is 0 Å². The minimum absolute atomic E-state index is 0.0285. The molecular formula is C27H21BrCl2FNO. The number of rotatable bonds is 7. The van der Waals surface area contributed by atoms with Crippen LogP contribution in [0, 0.1) is 5.82 Å². The summed E-state index contributed by atoms with van der Waals surface area (Å²) in [5.74, 6) is -0.678. The lowest BCUT2D eigenvalue weighted by Crippen LogP contribution is -2.22. The first-order valence-electron chi connectivity index (χ1n) is 10.4. The molecule has 168 valence electrons. The van der Waals surface area contributed by atoms with E-state index in [1.807, 2.05) is 48.5 Å². The van der Waals surface area contributed by atoms with Gasteiger partial charge in [-0.25, -0.2) is 4.39 Å². The number of benzene rings is 4. The summed E-state index contributed by atoms with van der Waals surface area (Å²) in [7, 11) is 0. The van der Waals surface area contributed by atoms with Gasteiger partial charge in [-0.1, -0.05) is 89.9 Å². The Hall–Kier alpha value is -2.53. The van der Waals surface area contributed by atoms with Gasteiger partial charge >= 0.3 is 0 Å². The molecule has 0 amide bonds. The molecule has 4 aromatic carbocycles. The molecule has 0 aliphatic carbocycles. The maximum atomic E-state index is 14.6. The Labute approximate surface area is 211 Å². The van der Waals surface area contributed by atoms with E-state index in [0.29, 0.717) is 34.3 Å². The molecule has 0 aromatic heterocycles. The summed E-state index contributed by atoms with van der Waals surface area (Å²) < 4.78 is 14.6. The van der Waals surface area contributed by atoms with Crippen molar-refractivity contribution >= 4 is 44.8 Å². The number of hydrogen-bond acceptors (Lipinski definition) is 2. The van der Waals surface area contributed by atoms with Crippen molar-refractivity contribution in [2.24, 2.45) is 0 Å². The normalized spacial score (nSPS) is 10.9. The number of nitrogens with zero attached hydrogens (tertiary/aromatic N) is 1. The van der Waals surface area contributed by atoms with Crippen LogP contribution in [0.15, 0.2) is 89.4 Å². The van der Waals surface area contributed by atoms with Crippen molar-refractivity contribution in [1.29, 1.82) is 0 Å². The molecule has 0 radical (unpaired) electrons. The predicted molar refractivity (Wildman–Crippen MR) is 138 cm³/mol. The Balaban J connectivity index is 1.67. The summed E-state index contributed by atoms with van der Waals surface area (Å²) in [5, 5.41) is 10.6. The van der Waals surface area contributed by atoms with Crippen molar-refractivity contribution in [3.05, 3.63) is 128 Å². The summed E-state index contributed by atoms with van der Waals surface area (Å²) in [5.41, 5.74) is 4.25. The fourth-order valence-corrected chi connectivity index (χ4v) is 4.69. The highest BCUT2D eigenvalue weighted by Crippen LogP contribution is 2.36. The lowest BCUT2D eigenvalue weighted by Gasteiger charge is -2.26. The van der Waals surface area contributed by atoms with Crippen LogP contribution >= 0.6 is 39.1 Å². The van der Waals surface area contributed by atoms with Crippen molar-refractivity contribution in [1.82, 2.24) is 0 Å². The molecule has 6 heteroatoms. The van der Waals surface area contributed by atoms with Crippen LogP contribution in [-0.2, 0) is 19.5 Å². The maximum Gasteiger partial charge on any atom is 0.144 e. The van der Waals surface area contributed by atoms with Crippen molar-refractivity contribution in [2.45, 2.75) is 19.5 Å². The molecule has 0 aliphatic rings. The monoisotopic (exact) mass is 543 g/mol. The lowest BCUT2D eigenvalue weighted by atomic mass is 10.0. The lowest BCUT2D eigenvalue weighted by molar-refractivity contribution is 0.463. The maximum absolute atomic E-state index is 14.6. The molecule has 4 aromatic rings. The molecule has 0 aliphatic heterocycles. The molecule has 0 saturated heterocycles. The number of phenols is 1. The van der Waals surface area contributed by atoms with E-state index in [2.05, 4.69) is 45.1 Å². The van der Waals surface area contributed by atoms with Gasteiger partial charge in [-0.15, -0.1) is 0 Å². The van der Waals surface area contributed by atoms with Crippen molar-refractivity contribution < 1.29 is 9.50 Å². The third-order valence-electron chi connectivity index (χ3n) is 5.43. The molecule has 2 nitrogen and oxygen atoms in total. The van der Waals surface area contributed by atoms with Crippen molar-refractivity contribution in [2.75, 3.05) is 4.90 Å². The van der Waals surface area contributed by atoms with Gasteiger partial charge in [-0.05, 0) is 56.4 Å². The Kier molecular flexibility index (Phi) is 7.59. The summed E-state index contributed by atoms with van der Waals surface area (Å²) in [4.78, 5) is 2.21. The molecule has 0 spiro atoms. The summed E-state index contributed by atoms with van der Waals surface area (Å²) >= 11 is 16.4. The van der Waals surface area contributed by atoms with Gasteiger partial charge in [-0.3, -0.25) is 0 Å². The highest BCUT2D eigenvalue weighted by Gasteiger charge is 2.17. The highest BCUT2D eigenvalue weighted by molar-refractivity contribution is 9.10. The smallest absolute Gasteiger partial charge is 0.144 e. The number of phenolic OH excluding ortho intramolecular Hbond substituents is 1. The van der Waals surface area contributed by atoms with E-state index in [9.17, 15) is 9.50 Å². The summed E-state index contributed by atoms with van der Waals surface area (Å²) in [6.07, 6.45) is 0.208. The highest BCUT2D eigenvalue weighted by atomic mass is 79.9. The van der Waals surface area contributed by atoms with Gasteiger partial charge in [0.1, 0.15) is 11.6 Å². The Morgan fingerprint density at radius 1 is 0.788 bits per heavy atom. The zero-order valence-corrected chi connectivity index (χ0v) is 20.7. The van der Waals surface area contributed by atoms with Crippen LogP contribution in [0.25, 0.3) is 0 Å². The first kappa shape index (κ1) is 23.6. The van der Waals surface area contributed by atoms with Gasteiger partial charge in [-0.2, -0.15) is 0 Å². The molecular weight excluding hydrogens is 524 g/mol. The van der Waals surface area contributed by atoms with Crippen molar-refractivity contribution in [3.8, 4) is 5.75 Å². The molecule has 33 heavy (non-hydrogen) atoms. The molecule has 0 saturated carbocycles. The fraction of sp³-hybridized carbons (Fsp3) is 0.111. The summed E-state index contributed by atoms with van der Waals surface area (Å²) in [6.45, 7) is 1.36. The number of anilines is 1. The second-order valence-corrected chi connectivity index (χ2v) is 9.37. The van der Waals surface area contributed by atoms with Crippen LogP contribution in [0.2, 0.25) is 10.0 Å². The molecule has 0 bridgehead atoms. The molecule has 0 fully saturated rings. The largest absolute Gasteiger partial charge is 0.507 e. The molecule has 0 unspecified atom stereocenters. The SMILES string of the molecule is Oc1ccc(Cc2c(Cl)cc(N(Cc3ccccc3)Cc3ccccc3)cc2Cl)c(F)c1Br. The fourth-order valence-electron chi connectivity index (χ4n) is 3.69. The average Bonchev–Trinajstić information content (AvgIpc) is 2.82. The molecule has 4 rings (SSSR count). The van der Waals surface area contributed by atoms with Gasteiger partial charge in [0.15, 0.2) is 0 Å². The number of aromatic hydroxyl groups is 1. The zero-order chi connectivity index (χ0) is 23.4. The number of halogens is 4. The van der Waals surface area contributed by atoms with Crippen LogP contribution in [0.1, 0.15) is 22.3 Å². The second-order valence-electron chi connectivity index (χ2n) is 7.76. The third-order valence-corrected chi connectivity index (χ3v) is 6.86. The zero-order valence-electron chi connectivity index (χ0n) is 17.6. The third kappa shape index (κ3) is 5.70. The van der Waals surface area contributed by atoms with Gasteiger partial charge in [0.05, 0.1) is 4.47 Å². The first-order valence-corrected chi connectivity index (χ1v) is 11.9. The number of hydrogen-bond donors (Lipinski definition) is 1. The Morgan fingerprint density at radius 2 is 1.30 bits per heavy atom. The standard InChI is InChI=1S/C27H21BrCl2FNO/c28-26-25(33)12-11-20(27(26)31)13-22-23(29)14-21(15-24(22)30)32(16-18-7-3-1-4-8-18)17-19-9-5-2-6-10-19/h1-12,14-15,33H,13,16-17H2. The Bertz CT molecular complexity index is 1190. The van der Waals surface area contributed by atoms with Gasteiger partial charge < -0.3 is 10.0 Å². The van der Waals surface area contributed by atoms with E-state index in [0.717, 1.165) is 5.69 Å². The van der Waals surface area contributed by atoms with E-state index in [4.69, 9.17) is 23.2 Å². The van der Waals surface area contributed by atoms with Crippen LogP contribution in [0.3, 0.4) is 0 Å². The van der Waals surface area contributed by atoms with Crippen LogP contribution in [0.5, 0.6) is 5.75 Å². The van der Waals surface area contributed by atoms with E-state index in [1.165, 1.54) is 23.3 Å². The van der Waals surface area contributed by atoms with Crippen LogP contribution in [-0.4, -0.2) is 5.11 Å².